The Balaban J connectivity index is 0.984. The van der Waals surface area contributed by atoms with Crippen molar-refractivity contribution in [2.24, 2.45) is 0 Å². The molecule has 1 spiro atoms. The summed E-state index contributed by atoms with van der Waals surface area (Å²) in [6.45, 7) is 0. The molecule has 0 radical (unpaired) electrons. The largest absolute Gasteiger partial charge is 0.310 e. The first-order chi connectivity index (χ1) is 35.7. The summed E-state index contributed by atoms with van der Waals surface area (Å²) < 4.78 is 0. The molecule has 2 aliphatic rings. The molecule has 0 bridgehead atoms. The van der Waals surface area contributed by atoms with Gasteiger partial charge in [-0.2, -0.15) is 0 Å². The highest BCUT2D eigenvalue weighted by molar-refractivity contribution is 6.01. The van der Waals surface area contributed by atoms with Gasteiger partial charge in [-0.05, 0) is 153 Å². The van der Waals surface area contributed by atoms with E-state index in [0.717, 1.165) is 22.6 Å². The summed E-state index contributed by atoms with van der Waals surface area (Å²) in [4.78, 5) is 2.47. The Labute approximate surface area is 421 Å². The molecule has 72 heavy (non-hydrogen) atoms. The highest BCUT2D eigenvalue weighted by atomic mass is 15.1. The number of rotatable bonds is 8. The van der Waals surface area contributed by atoms with Gasteiger partial charge in [0, 0.05) is 17.1 Å². The van der Waals surface area contributed by atoms with Crippen LogP contribution in [0.3, 0.4) is 0 Å². The van der Waals surface area contributed by atoms with E-state index in [-0.39, 0.29) is 0 Å². The van der Waals surface area contributed by atoms with Crippen molar-refractivity contribution in [1.82, 2.24) is 0 Å². The van der Waals surface area contributed by atoms with Crippen LogP contribution in [0.2, 0.25) is 0 Å². The summed E-state index contributed by atoms with van der Waals surface area (Å²) in [7, 11) is 0. The number of benzene rings is 12. The summed E-state index contributed by atoms with van der Waals surface area (Å²) in [6.07, 6.45) is 0. The number of hydrogen-bond acceptors (Lipinski definition) is 1. The molecular weight excluding hydrogens is 867 g/mol. The first-order valence-electron chi connectivity index (χ1n) is 25.0. The number of nitrogens with zero attached hydrogens (tertiary/aromatic N) is 1. The van der Waals surface area contributed by atoms with Crippen molar-refractivity contribution in [3.8, 4) is 77.9 Å². The van der Waals surface area contributed by atoms with Gasteiger partial charge < -0.3 is 4.90 Å². The lowest BCUT2D eigenvalue weighted by Crippen LogP contribution is -2.26. The summed E-state index contributed by atoms with van der Waals surface area (Å²) >= 11 is 0. The summed E-state index contributed by atoms with van der Waals surface area (Å²) in [5.41, 5.74) is 25.2. The second-order valence-electron chi connectivity index (χ2n) is 19.1. The van der Waals surface area contributed by atoms with E-state index < -0.39 is 5.41 Å². The predicted octanol–water partition coefficient (Wildman–Crippen LogP) is 19.0. The molecule has 336 valence electrons. The normalized spacial score (nSPS) is 12.6. The molecule has 0 N–H and O–H groups in total. The molecule has 0 saturated heterocycles. The fourth-order valence-electron chi connectivity index (χ4n) is 12.2. The zero-order valence-electron chi connectivity index (χ0n) is 39.6. The molecule has 0 aliphatic heterocycles. The van der Waals surface area contributed by atoms with Crippen molar-refractivity contribution in [2.75, 3.05) is 4.90 Å². The van der Waals surface area contributed by atoms with Crippen molar-refractivity contribution in [3.05, 3.63) is 307 Å². The van der Waals surface area contributed by atoms with Gasteiger partial charge in [-0.3, -0.25) is 0 Å². The van der Waals surface area contributed by atoms with Gasteiger partial charge in [0.05, 0.1) is 5.41 Å². The van der Waals surface area contributed by atoms with Crippen molar-refractivity contribution >= 4 is 27.8 Å². The van der Waals surface area contributed by atoms with Crippen molar-refractivity contribution in [3.63, 3.8) is 0 Å². The van der Waals surface area contributed by atoms with Gasteiger partial charge in [-0.1, -0.05) is 243 Å². The average Bonchev–Trinajstić information content (AvgIpc) is 3.93. The molecule has 0 saturated carbocycles. The van der Waals surface area contributed by atoms with Crippen molar-refractivity contribution in [1.29, 1.82) is 0 Å². The van der Waals surface area contributed by atoms with Gasteiger partial charge in [-0.25, -0.2) is 0 Å². The highest BCUT2D eigenvalue weighted by Gasteiger charge is 2.51. The lowest BCUT2D eigenvalue weighted by Gasteiger charge is -2.32. The number of fused-ring (bicyclic) bond motifs is 11. The predicted molar refractivity (Wildman–Crippen MR) is 302 cm³/mol. The monoisotopic (exact) mass is 913 g/mol. The Bertz CT molecular complexity index is 3970. The van der Waals surface area contributed by atoms with Gasteiger partial charge in [0.1, 0.15) is 0 Å². The lowest BCUT2D eigenvalue weighted by atomic mass is 9.70. The fraction of sp³-hybridized carbons (Fsp3) is 0.0141. The van der Waals surface area contributed by atoms with Crippen LogP contribution in [-0.2, 0) is 5.41 Å². The van der Waals surface area contributed by atoms with Gasteiger partial charge in [0.2, 0.25) is 0 Å². The minimum atomic E-state index is -0.471. The Morgan fingerprint density at radius 2 is 0.653 bits per heavy atom. The molecule has 2 aliphatic carbocycles. The van der Waals surface area contributed by atoms with Crippen LogP contribution in [0.15, 0.2) is 285 Å². The van der Waals surface area contributed by atoms with E-state index in [0.29, 0.717) is 0 Å². The Hall–Kier alpha value is -9.30. The average molecular weight is 914 g/mol. The minimum absolute atomic E-state index is 0.471. The van der Waals surface area contributed by atoms with Gasteiger partial charge in [-0.15, -0.1) is 0 Å². The van der Waals surface area contributed by atoms with Crippen LogP contribution >= 0.6 is 0 Å². The summed E-state index contributed by atoms with van der Waals surface area (Å²) in [5, 5.41) is 2.48. The Kier molecular flexibility index (Phi) is 9.82. The molecular formula is C71H47N. The van der Waals surface area contributed by atoms with Crippen LogP contribution in [0.25, 0.3) is 88.7 Å². The molecule has 0 fully saturated rings. The molecule has 0 atom stereocenters. The Morgan fingerprint density at radius 1 is 0.208 bits per heavy atom. The van der Waals surface area contributed by atoms with Gasteiger partial charge >= 0.3 is 0 Å². The first-order valence-corrected chi connectivity index (χ1v) is 25.0. The fourth-order valence-corrected chi connectivity index (χ4v) is 12.2. The zero-order valence-corrected chi connectivity index (χ0v) is 39.6. The number of anilines is 3. The molecule has 0 heterocycles. The topological polar surface area (TPSA) is 3.24 Å². The maximum Gasteiger partial charge on any atom is 0.0726 e. The molecule has 0 aromatic heterocycles. The zero-order chi connectivity index (χ0) is 47.6. The summed E-state index contributed by atoms with van der Waals surface area (Å²) in [5.74, 6) is 0. The van der Waals surface area contributed by atoms with E-state index in [2.05, 4.69) is 290 Å². The maximum atomic E-state index is 2.50. The summed E-state index contributed by atoms with van der Waals surface area (Å²) in [6, 6.07) is 105. The third-order valence-electron chi connectivity index (χ3n) is 15.3. The van der Waals surface area contributed by atoms with E-state index in [9.17, 15) is 0 Å². The molecule has 1 heteroatoms. The second kappa shape index (κ2) is 17.0. The molecule has 0 amide bonds. The van der Waals surface area contributed by atoms with Crippen LogP contribution in [0.5, 0.6) is 0 Å². The quantitative estimate of drug-likeness (QED) is 0.147. The third kappa shape index (κ3) is 6.55. The molecule has 0 unspecified atom stereocenters. The van der Waals surface area contributed by atoms with Crippen molar-refractivity contribution < 1.29 is 0 Å². The van der Waals surface area contributed by atoms with Gasteiger partial charge in [0.25, 0.3) is 0 Å². The van der Waals surface area contributed by atoms with E-state index >= 15 is 0 Å². The minimum Gasteiger partial charge on any atom is -0.310 e. The van der Waals surface area contributed by atoms with Crippen LogP contribution in [0.1, 0.15) is 22.3 Å². The first kappa shape index (κ1) is 41.7. The molecule has 1 nitrogen and oxygen atoms in total. The molecule has 12 aromatic rings. The van der Waals surface area contributed by atoms with Crippen LogP contribution in [0, 0.1) is 0 Å². The van der Waals surface area contributed by atoms with Crippen LogP contribution < -0.4 is 4.90 Å². The van der Waals surface area contributed by atoms with E-state index in [1.165, 1.54) is 105 Å². The van der Waals surface area contributed by atoms with E-state index in [4.69, 9.17) is 0 Å². The second-order valence-corrected chi connectivity index (χ2v) is 19.1. The molecule has 14 rings (SSSR count). The van der Waals surface area contributed by atoms with Gasteiger partial charge in [0.15, 0.2) is 0 Å². The van der Waals surface area contributed by atoms with E-state index in [1.54, 1.807) is 0 Å². The lowest BCUT2D eigenvalue weighted by molar-refractivity contribution is 0.793. The van der Waals surface area contributed by atoms with Crippen LogP contribution in [0.4, 0.5) is 17.1 Å². The van der Waals surface area contributed by atoms with Crippen LogP contribution in [-0.4, -0.2) is 0 Å². The van der Waals surface area contributed by atoms with E-state index in [1.807, 2.05) is 0 Å². The maximum absolute atomic E-state index is 2.50. The third-order valence-corrected chi connectivity index (χ3v) is 15.3. The Morgan fingerprint density at radius 3 is 1.31 bits per heavy atom. The standard InChI is InChI=1S/C71H47N/c1-3-20-50(21-4-1)58-27-9-10-31-65(58)70-59(51-22-5-2-6-23-51)32-18-33-60(70)54-25-17-26-56(46-54)72(55-41-39-49(40-42-55)53-38-37-48-19-7-8-24-52(48)45-53)57-43-44-64-63-30-13-16-36-68(63)71(69(64)47-57)66-34-14-11-28-61(66)62-29-12-15-35-67(62)71/h1-47H. The molecule has 12 aromatic carbocycles. The number of hydrogen-bond donors (Lipinski definition) is 0. The van der Waals surface area contributed by atoms with Crippen molar-refractivity contribution in [2.45, 2.75) is 5.41 Å². The highest BCUT2D eigenvalue weighted by Crippen LogP contribution is 2.63. The SMILES string of the molecule is c1ccc(-c2ccccc2-c2c(-c3ccccc3)cccc2-c2cccc(N(c3ccc(-c4ccc5ccccc5c4)cc3)c3ccc4c(c3)C3(c5ccccc5-c5ccccc53)c3ccccc3-4)c2)cc1. The smallest absolute Gasteiger partial charge is 0.0726 e.